The Morgan fingerprint density at radius 1 is 1.60 bits per heavy atom. The van der Waals surface area contributed by atoms with Crippen molar-refractivity contribution in [2.75, 3.05) is 0 Å². The summed E-state index contributed by atoms with van der Waals surface area (Å²) in [7, 11) is 0. The van der Waals surface area contributed by atoms with Crippen molar-refractivity contribution in [1.29, 1.82) is 0 Å². The van der Waals surface area contributed by atoms with Gasteiger partial charge < -0.3 is 5.11 Å². The summed E-state index contributed by atoms with van der Waals surface area (Å²) < 4.78 is 12.4. The molecule has 1 aromatic rings. The fraction of sp³-hybridized carbons (Fsp3) is 0. The van der Waals surface area contributed by atoms with E-state index in [-0.39, 0.29) is 10.5 Å². The summed E-state index contributed by atoms with van der Waals surface area (Å²) in [4.78, 5) is 10.2. The molecule has 1 heterocycles. The van der Waals surface area contributed by atoms with Crippen LogP contribution in [-0.2, 0) is 0 Å². The summed E-state index contributed by atoms with van der Waals surface area (Å²) in [5, 5.41) is 8.30. The van der Waals surface area contributed by atoms with Crippen LogP contribution < -0.4 is 4.79 Å². The van der Waals surface area contributed by atoms with Crippen molar-refractivity contribution >= 4 is 5.97 Å². The maximum atomic E-state index is 12.4. The summed E-state index contributed by atoms with van der Waals surface area (Å²) in [6, 6.07) is 4.05. The minimum absolute atomic E-state index is 0.0579. The van der Waals surface area contributed by atoms with Gasteiger partial charge in [-0.2, -0.15) is 0 Å². The second-order valence-corrected chi connectivity index (χ2v) is 1.70. The van der Waals surface area contributed by atoms with Crippen molar-refractivity contribution < 1.29 is 19.2 Å². The average molecular weight is 142 g/mol. The van der Waals surface area contributed by atoms with Gasteiger partial charge in [-0.15, -0.1) is 0 Å². The molecule has 0 aliphatic rings. The van der Waals surface area contributed by atoms with Gasteiger partial charge >= 0.3 is 11.7 Å². The van der Waals surface area contributed by atoms with Crippen molar-refractivity contribution in [3.05, 3.63) is 30.1 Å². The first-order valence-electron chi connectivity index (χ1n) is 2.62. The Morgan fingerprint density at radius 3 is 2.70 bits per heavy atom. The molecule has 52 valence electrons. The maximum absolute atomic E-state index is 12.4. The lowest BCUT2D eigenvalue weighted by Gasteiger charge is -1.83. The highest BCUT2D eigenvalue weighted by atomic mass is 19.2. The van der Waals surface area contributed by atoms with Crippen LogP contribution in [0.15, 0.2) is 24.4 Å². The maximum Gasteiger partial charge on any atom is 0.405 e. The van der Waals surface area contributed by atoms with Crippen molar-refractivity contribution in [1.82, 2.24) is 0 Å². The van der Waals surface area contributed by atoms with Crippen molar-refractivity contribution in [2.45, 2.75) is 0 Å². The molecule has 0 spiro atoms. The van der Waals surface area contributed by atoms with E-state index in [1.165, 1.54) is 18.2 Å². The SMILES string of the molecule is O=C(O)c1cccc[n+]1F. The van der Waals surface area contributed by atoms with Crippen LogP contribution in [0.1, 0.15) is 10.5 Å². The zero-order valence-corrected chi connectivity index (χ0v) is 4.99. The predicted octanol–water partition coefficient (Wildman–Crippen LogP) is 0.405. The van der Waals surface area contributed by atoms with Crippen LogP contribution in [0.5, 0.6) is 0 Å². The number of aromatic nitrogens is 1. The van der Waals surface area contributed by atoms with Gasteiger partial charge in [0.25, 0.3) is 0 Å². The number of hydrogen-bond acceptors (Lipinski definition) is 1. The van der Waals surface area contributed by atoms with E-state index in [0.29, 0.717) is 0 Å². The van der Waals surface area contributed by atoms with E-state index in [9.17, 15) is 9.28 Å². The highest BCUT2D eigenvalue weighted by Crippen LogP contribution is 1.89. The molecule has 0 fully saturated rings. The van der Waals surface area contributed by atoms with E-state index in [0.717, 1.165) is 6.20 Å². The third kappa shape index (κ3) is 1.10. The summed E-state index contributed by atoms with van der Waals surface area (Å²) in [5.41, 5.74) is -0.373. The predicted molar refractivity (Wildman–Crippen MR) is 30.1 cm³/mol. The number of nitrogens with zero attached hydrogens (tertiary/aromatic N) is 1. The standard InChI is InChI=1S/C6H4FNO2/c7-8-4-2-1-3-5(8)6(9)10/h1-4H/p+1. The van der Waals surface area contributed by atoms with E-state index in [2.05, 4.69) is 0 Å². The Kier molecular flexibility index (Phi) is 1.62. The third-order valence-electron chi connectivity index (χ3n) is 1.03. The number of rotatable bonds is 1. The molecular formula is C6H5FNO2+. The van der Waals surface area contributed by atoms with Gasteiger partial charge in [0.1, 0.15) is 0 Å². The Hall–Kier alpha value is -1.45. The van der Waals surface area contributed by atoms with E-state index >= 15 is 0 Å². The normalized spacial score (nSPS) is 9.30. The van der Waals surface area contributed by atoms with Gasteiger partial charge in [0.05, 0.1) is 4.48 Å². The molecule has 0 unspecified atom stereocenters. The molecule has 3 nitrogen and oxygen atoms in total. The molecule has 1 rings (SSSR count). The molecule has 0 atom stereocenters. The second-order valence-electron chi connectivity index (χ2n) is 1.70. The Bertz CT molecular complexity index is 262. The lowest BCUT2D eigenvalue weighted by molar-refractivity contribution is -0.845. The molecule has 0 radical (unpaired) electrons. The second kappa shape index (κ2) is 2.43. The van der Waals surface area contributed by atoms with Gasteiger partial charge in [0.2, 0.25) is 6.20 Å². The quantitative estimate of drug-likeness (QED) is 0.616. The topological polar surface area (TPSA) is 41.2 Å². The number of halogens is 1. The van der Waals surface area contributed by atoms with Gasteiger partial charge in [0, 0.05) is 16.9 Å². The fourth-order valence-electron chi connectivity index (χ4n) is 0.586. The molecule has 0 aromatic carbocycles. The van der Waals surface area contributed by atoms with Gasteiger partial charge in [-0.25, -0.2) is 4.79 Å². The number of hydrogen-bond donors (Lipinski definition) is 1. The number of carbonyl (C=O) groups is 1. The Morgan fingerprint density at radius 2 is 2.30 bits per heavy atom. The molecule has 10 heavy (non-hydrogen) atoms. The highest BCUT2D eigenvalue weighted by Gasteiger charge is 2.16. The summed E-state index contributed by atoms with van der Waals surface area (Å²) in [6.07, 6.45) is 1.03. The number of pyridine rings is 1. The first-order valence-corrected chi connectivity index (χ1v) is 2.62. The van der Waals surface area contributed by atoms with Crippen LogP contribution in [0.2, 0.25) is 0 Å². The van der Waals surface area contributed by atoms with Crippen molar-refractivity contribution in [3.8, 4) is 0 Å². The van der Waals surface area contributed by atoms with Gasteiger partial charge in [-0.1, -0.05) is 0 Å². The molecule has 0 saturated heterocycles. The smallest absolute Gasteiger partial charge is 0.405 e. The van der Waals surface area contributed by atoms with Gasteiger partial charge in [-0.3, -0.25) is 0 Å². The molecule has 1 aromatic heterocycles. The van der Waals surface area contributed by atoms with Crippen LogP contribution in [-0.4, -0.2) is 11.1 Å². The van der Waals surface area contributed by atoms with Crippen LogP contribution in [0.3, 0.4) is 0 Å². The molecule has 0 aliphatic carbocycles. The van der Waals surface area contributed by atoms with Crippen molar-refractivity contribution in [3.63, 3.8) is 0 Å². The monoisotopic (exact) mass is 142 g/mol. The lowest BCUT2D eigenvalue weighted by atomic mass is 10.4. The van der Waals surface area contributed by atoms with E-state index in [4.69, 9.17) is 5.11 Å². The fourth-order valence-corrected chi connectivity index (χ4v) is 0.586. The summed E-state index contributed by atoms with van der Waals surface area (Å²) in [5.74, 6) is -1.27. The number of carboxylic acids is 1. The van der Waals surface area contributed by atoms with Gasteiger partial charge in [0.15, 0.2) is 0 Å². The van der Waals surface area contributed by atoms with Crippen LogP contribution in [0.25, 0.3) is 0 Å². The van der Waals surface area contributed by atoms with Gasteiger partial charge in [-0.05, 0) is 6.07 Å². The minimum Gasteiger partial charge on any atom is -0.473 e. The van der Waals surface area contributed by atoms with Crippen LogP contribution in [0.4, 0.5) is 4.48 Å². The zero-order valence-electron chi connectivity index (χ0n) is 4.99. The summed E-state index contributed by atoms with van der Waals surface area (Å²) in [6.45, 7) is 0. The Labute approximate surface area is 56.3 Å². The minimum atomic E-state index is -1.27. The molecule has 0 saturated carbocycles. The number of carboxylic acid groups (broad SMARTS) is 1. The number of aromatic carboxylic acids is 1. The zero-order chi connectivity index (χ0) is 7.56. The van der Waals surface area contributed by atoms with Crippen LogP contribution in [0, 0.1) is 0 Å². The molecule has 0 bridgehead atoms. The Balaban J connectivity index is 3.15. The molecular weight excluding hydrogens is 137 g/mol. The van der Waals surface area contributed by atoms with Crippen molar-refractivity contribution in [2.24, 2.45) is 0 Å². The molecule has 1 N–H and O–H groups in total. The molecule has 4 heteroatoms. The molecule has 0 aliphatic heterocycles. The first kappa shape index (κ1) is 6.67. The van der Waals surface area contributed by atoms with E-state index in [1.54, 1.807) is 0 Å². The van der Waals surface area contributed by atoms with E-state index in [1.807, 2.05) is 0 Å². The largest absolute Gasteiger partial charge is 0.473 e. The third-order valence-corrected chi connectivity index (χ3v) is 1.03. The highest BCUT2D eigenvalue weighted by molar-refractivity contribution is 5.83. The first-order chi connectivity index (χ1) is 4.72. The molecule has 0 amide bonds. The van der Waals surface area contributed by atoms with Crippen LogP contribution >= 0.6 is 0 Å². The summed E-state index contributed by atoms with van der Waals surface area (Å²) >= 11 is 0. The lowest BCUT2D eigenvalue weighted by Crippen LogP contribution is -2.30. The average Bonchev–Trinajstić information content (AvgIpc) is 1.88. The van der Waals surface area contributed by atoms with E-state index < -0.39 is 5.97 Å².